The molecule has 0 aromatic rings. The minimum Gasteiger partial charge on any atom is -0.350 e. The number of carbonyl (C=O) groups is 1. The largest absolute Gasteiger partial charge is 0.350 e. The first-order chi connectivity index (χ1) is 5.29. The molecule has 2 aliphatic carbocycles. The normalized spacial score (nSPS) is 39.5. The minimum absolute atomic E-state index is 0.0173. The van der Waals surface area contributed by atoms with E-state index in [2.05, 4.69) is 11.9 Å². The van der Waals surface area contributed by atoms with Gasteiger partial charge in [-0.15, -0.1) is 0 Å². The zero-order valence-electron chi connectivity index (χ0n) is 6.55. The van der Waals surface area contributed by atoms with Crippen LogP contribution in [0, 0.1) is 11.8 Å². The van der Waals surface area contributed by atoms with Crippen LogP contribution in [0.3, 0.4) is 0 Å². The Bertz CT molecular complexity index is 190. The summed E-state index contributed by atoms with van der Waals surface area (Å²) in [5, 5.41) is 2.93. The third-order valence-electron chi connectivity index (χ3n) is 2.78. The van der Waals surface area contributed by atoms with E-state index >= 15 is 0 Å². The van der Waals surface area contributed by atoms with Crippen LogP contribution in [0.15, 0.2) is 12.7 Å². The first kappa shape index (κ1) is 6.89. The van der Waals surface area contributed by atoms with Gasteiger partial charge in [-0.05, 0) is 37.2 Å². The maximum absolute atomic E-state index is 10.9. The molecule has 60 valence electrons. The van der Waals surface area contributed by atoms with Crippen LogP contribution in [0.4, 0.5) is 0 Å². The van der Waals surface area contributed by atoms with E-state index in [-0.39, 0.29) is 5.91 Å². The van der Waals surface area contributed by atoms with Crippen LogP contribution in [0.5, 0.6) is 0 Å². The molecule has 11 heavy (non-hydrogen) atoms. The number of hydrogen-bond acceptors (Lipinski definition) is 1. The summed E-state index contributed by atoms with van der Waals surface area (Å²) in [7, 11) is 0. The standard InChI is InChI=1S/C9H13NO/c1-2-9(11)10-8-4-6-3-7(6)5-8/h2,6-8H,1,3-5H2,(H,10,11). The highest BCUT2D eigenvalue weighted by Gasteiger charge is 2.45. The lowest BCUT2D eigenvalue weighted by Gasteiger charge is -2.11. The van der Waals surface area contributed by atoms with E-state index in [4.69, 9.17) is 0 Å². The molecule has 2 heteroatoms. The third kappa shape index (κ3) is 1.30. The molecule has 0 heterocycles. The van der Waals surface area contributed by atoms with Gasteiger partial charge in [0.2, 0.25) is 5.91 Å². The predicted molar refractivity (Wildman–Crippen MR) is 43.0 cm³/mol. The maximum Gasteiger partial charge on any atom is 0.243 e. The fourth-order valence-corrected chi connectivity index (χ4v) is 2.09. The van der Waals surface area contributed by atoms with E-state index in [1.165, 1.54) is 25.3 Å². The molecule has 2 unspecified atom stereocenters. The van der Waals surface area contributed by atoms with Crippen molar-refractivity contribution in [2.45, 2.75) is 25.3 Å². The fourth-order valence-electron chi connectivity index (χ4n) is 2.09. The van der Waals surface area contributed by atoms with Crippen molar-refractivity contribution in [3.8, 4) is 0 Å². The van der Waals surface area contributed by atoms with Gasteiger partial charge in [-0.1, -0.05) is 6.58 Å². The first-order valence-corrected chi connectivity index (χ1v) is 4.22. The second-order valence-electron chi connectivity index (χ2n) is 3.64. The molecular weight excluding hydrogens is 138 g/mol. The van der Waals surface area contributed by atoms with Gasteiger partial charge >= 0.3 is 0 Å². The fraction of sp³-hybridized carbons (Fsp3) is 0.667. The van der Waals surface area contributed by atoms with Gasteiger partial charge in [0.25, 0.3) is 0 Å². The van der Waals surface area contributed by atoms with E-state index in [0.29, 0.717) is 6.04 Å². The zero-order chi connectivity index (χ0) is 7.84. The second kappa shape index (κ2) is 2.36. The van der Waals surface area contributed by atoms with Crippen LogP contribution in [-0.2, 0) is 4.79 Å². The number of hydrogen-bond donors (Lipinski definition) is 1. The molecule has 2 atom stereocenters. The van der Waals surface area contributed by atoms with E-state index in [0.717, 1.165) is 11.8 Å². The molecule has 0 radical (unpaired) electrons. The number of rotatable bonds is 2. The van der Waals surface area contributed by atoms with Gasteiger partial charge in [0.1, 0.15) is 0 Å². The summed E-state index contributed by atoms with van der Waals surface area (Å²) in [5.41, 5.74) is 0. The van der Waals surface area contributed by atoms with Crippen molar-refractivity contribution >= 4 is 5.91 Å². The van der Waals surface area contributed by atoms with Gasteiger partial charge in [0, 0.05) is 6.04 Å². The van der Waals surface area contributed by atoms with Crippen molar-refractivity contribution in [1.82, 2.24) is 5.32 Å². The van der Waals surface area contributed by atoms with Gasteiger partial charge in [0.05, 0.1) is 0 Å². The minimum atomic E-state index is -0.0173. The summed E-state index contributed by atoms with van der Waals surface area (Å²) in [6.45, 7) is 3.42. The Morgan fingerprint density at radius 1 is 1.36 bits per heavy atom. The van der Waals surface area contributed by atoms with Crippen LogP contribution < -0.4 is 5.32 Å². The average molecular weight is 151 g/mol. The predicted octanol–water partition coefficient (Wildman–Crippen LogP) is 1.09. The van der Waals surface area contributed by atoms with Gasteiger partial charge in [-0.25, -0.2) is 0 Å². The third-order valence-corrected chi connectivity index (χ3v) is 2.78. The SMILES string of the molecule is C=CC(=O)NC1CC2CC2C1. The maximum atomic E-state index is 10.9. The summed E-state index contributed by atoms with van der Waals surface area (Å²) in [5.74, 6) is 1.85. The zero-order valence-corrected chi connectivity index (χ0v) is 6.55. The highest BCUT2D eigenvalue weighted by Crippen LogP contribution is 2.51. The first-order valence-electron chi connectivity index (χ1n) is 4.22. The number of carbonyl (C=O) groups excluding carboxylic acids is 1. The Kier molecular flexibility index (Phi) is 1.48. The number of nitrogens with one attached hydrogen (secondary N) is 1. The average Bonchev–Trinajstić information content (AvgIpc) is 2.60. The summed E-state index contributed by atoms with van der Waals surface area (Å²) in [6.07, 6.45) is 5.15. The molecule has 2 saturated carbocycles. The lowest BCUT2D eigenvalue weighted by molar-refractivity contribution is -0.117. The Hall–Kier alpha value is -0.790. The quantitative estimate of drug-likeness (QED) is 0.588. The van der Waals surface area contributed by atoms with Crippen molar-refractivity contribution in [3.63, 3.8) is 0 Å². The molecule has 0 aliphatic heterocycles. The highest BCUT2D eigenvalue weighted by atomic mass is 16.1. The lowest BCUT2D eigenvalue weighted by atomic mass is 10.1. The van der Waals surface area contributed by atoms with Crippen LogP contribution in [-0.4, -0.2) is 11.9 Å². The molecular formula is C9H13NO. The Labute approximate surface area is 66.7 Å². The van der Waals surface area contributed by atoms with Crippen LogP contribution >= 0.6 is 0 Å². The molecule has 2 aliphatic rings. The lowest BCUT2D eigenvalue weighted by Crippen LogP contribution is -2.32. The van der Waals surface area contributed by atoms with Crippen LogP contribution in [0.25, 0.3) is 0 Å². The highest BCUT2D eigenvalue weighted by molar-refractivity contribution is 5.87. The molecule has 0 bridgehead atoms. The summed E-state index contributed by atoms with van der Waals surface area (Å²) >= 11 is 0. The van der Waals surface area contributed by atoms with E-state index in [1.54, 1.807) is 0 Å². The molecule has 0 aromatic carbocycles. The van der Waals surface area contributed by atoms with Crippen molar-refractivity contribution in [1.29, 1.82) is 0 Å². The monoisotopic (exact) mass is 151 g/mol. The smallest absolute Gasteiger partial charge is 0.243 e. The van der Waals surface area contributed by atoms with Gasteiger partial charge in [-0.3, -0.25) is 4.79 Å². The topological polar surface area (TPSA) is 29.1 Å². The summed E-state index contributed by atoms with van der Waals surface area (Å²) in [4.78, 5) is 10.9. The van der Waals surface area contributed by atoms with Crippen LogP contribution in [0.2, 0.25) is 0 Å². The van der Waals surface area contributed by atoms with Gasteiger partial charge < -0.3 is 5.32 Å². The van der Waals surface area contributed by atoms with Crippen molar-refractivity contribution in [2.24, 2.45) is 11.8 Å². The van der Waals surface area contributed by atoms with E-state index in [1.807, 2.05) is 0 Å². The molecule has 0 aromatic heterocycles. The van der Waals surface area contributed by atoms with Crippen LogP contribution in [0.1, 0.15) is 19.3 Å². The van der Waals surface area contributed by atoms with Gasteiger partial charge in [0.15, 0.2) is 0 Å². The number of fused-ring (bicyclic) bond motifs is 1. The molecule has 2 nitrogen and oxygen atoms in total. The Morgan fingerprint density at radius 2 is 2.00 bits per heavy atom. The molecule has 1 amide bonds. The van der Waals surface area contributed by atoms with Gasteiger partial charge in [-0.2, -0.15) is 0 Å². The second-order valence-corrected chi connectivity index (χ2v) is 3.64. The van der Waals surface area contributed by atoms with Crippen molar-refractivity contribution in [2.75, 3.05) is 0 Å². The molecule has 0 spiro atoms. The summed E-state index contributed by atoms with van der Waals surface area (Å²) in [6, 6.07) is 0.448. The summed E-state index contributed by atoms with van der Waals surface area (Å²) < 4.78 is 0. The molecule has 1 N–H and O–H groups in total. The molecule has 0 saturated heterocycles. The molecule has 2 rings (SSSR count). The van der Waals surface area contributed by atoms with E-state index < -0.39 is 0 Å². The van der Waals surface area contributed by atoms with E-state index in [9.17, 15) is 4.79 Å². The Morgan fingerprint density at radius 3 is 2.55 bits per heavy atom. The van der Waals surface area contributed by atoms with Crippen molar-refractivity contribution < 1.29 is 4.79 Å². The van der Waals surface area contributed by atoms with Crippen molar-refractivity contribution in [3.05, 3.63) is 12.7 Å². The number of amides is 1. The molecule has 2 fully saturated rings. The Balaban J connectivity index is 1.79.